The van der Waals surface area contributed by atoms with Gasteiger partial charge in [-0.1, -0.05) is 0 Å². The molecule has 2 rings (SSSR count). The summed E-state index contributed by atoms with van der Waals surface area (Å²) in [7, 11) is 0. The van der Waals surface area contributed by atoms with Crippen LogP contribution in [0, 0.1) is 6.92 Å². The lowest BCUT2D eigenvalue weighted by atomic mass is 10.4. The zero-order valence-corrected chi connectivity index (χ0v) is 7.95. The fraction of sp³-hybridized carbons (Fsp3) is 0.625. The first-order valence-corrected chi connectivity index (χ1v) is 5.02. The highest BCUT2D eigenvalue weighted by Crippen LogP contribution is 2.22. The van der Waals surface area contributed by atoms with E-state index in [1.807, 2.05) is 0 Å². The van der Waals surface area contributed by atoms with Crippen LogP contribution in [0.3, 0.4) is 0 Å². The van der Waals surface area contributed by atoms with E-state index in [-0.39, 0.29) is 0 Å². The SMILES string of the molecule is Cc1sc(N)nc1CNC1CC1. The fourth-order valence-corrected chi connectivity index (χ4v) is 1.85. The number of nitrogens with zero attached hydrogens (tertiary/aromatic N) is 1. The lowest BCUT2D eigenvalue weighted by Gasteiger charge is -1.98. The predicted molar refractivity (Wildman–Crippen MR) is 51.1 cm³/mol. The van der Waals surface area contributed by atoms with Crippen molar-refractivity contribution < 1.29 is 0 Å². The molecule has 66 valence electrons. The van der Waals surface area contributed by atoms with E-state index in [4.69, 9.17) is 5.73 Å². The average molecular weight is 183 g/mol. The van der Waals surface area contributed by atoms with Gasteiger partial charge in [-0.05, 0) is 19.8 Å². The van der Waals surface area contributed by atoms with Gasteiger partial charge in [0.05, 0.1) is 5.69 Å². The van der Waals surface area contributed by atoms with E-state index in [0.717, 1.165) is 18.3 Å². The molecule has 1 aliphatic carbocycles. The predicted octanol–water partition coefficient (Wildman–Crippen LogP) is 1.29. The largest absolute Gasteiger partial charge is 0.375 e. The number of aromatic nitrogens is 1. The average Bonchev–Trinajstić information content (AvgIpc) is 2.76. The van der Waals surface area contributed by atoms with Crippen LogP contribution in [0.5, 0.6) is 0 Å². The summed E-state index contributed by atoms with van der Waals surface area (Å²) in [6, 6.07) is 0.743. The molecule has 1 saturated carbocycles. The van der Waals surface area contributed by atoms with Crippen LogP contribution in [0.25, 0.3) is 0 Å². The Morgan fingerprint density at radius 3 is 2.92 bits per heavy atom. The Kier molecular flexibility index (Phi) is 2.02. The third-order valence-corrected chi connectivity index (χ3v) is 2.89. The fourth-order valence-electron chi connectivity index (χ4n) is 1.14. The highest BCUT2D eigenvalue weighted by Gasteiger charge is 2.20. The van der Waals surface area contributed by atoms with Gasteiger partial charge >= 0.3 is 0 Å². The molecule has 1 aliphatic rings. The minimum Gasteiger partial charge on any atom is -0.375 e. The number of nitrogens with one attached hydrogen (secondary N) is 1. The number of hydrogen-bond acceptors (Lipinski definition) is 4. The maximum atomic E-state index is 5.58. The van der Waals surface area contributed by atoms with Gasteiger partial charge in [-0.3, -0.25) is 0 Å². The zero-order chi connectivity index (χ0) is 8.55. The van der Waals surface area contributed by atoms with Crippen molar-refractivity contribution in [1.82, 2.24) is 10.3 Å². The molecule has 0 aromatic carbocycles. The molecule has 1 aromatic heterocycles. The van der Waals surface area contributed by atoms with Gasteiger partial charge in [0.2, 0.25) is 0 Å². The van der Waals surface area contributed by atoms with E-state index in [1.54, 1.807) is 11.3 Å². The van der Waals surface area contributed by atoms with Crippen molar-refractivity contribution in [2.24, 2.45) is 0 Å². The number of anilines is 1. The van der Waals surface area contributed by atoms with Crippen molar-refractivity contribution in [2.45, 2.75) is 32.4 Å². The third-order valence-electron chi connectivity index (χ3n) is 2.04. The van der Waals surface area contributed by atoms with E-state index >= 15 is 0 Å². The van der Waals surface area contributed by atoms with Crippen LogP contribution in [-0.2, 0) is 6.54 Å². The Balaban J connectivity index is 1.96. The number of nitrogens with two attached hydrogens (primary N) is 1. The maximum absolute atomic E-state index is 5.58. The molecule has 3 N–H and O–H groups in total. The second kappa shape index (κ2) is 3.03. The van der Waals surface area contributed by atoms with Crippen LogP contribution in [0.4, 0.5) is 5.13 Å². The van der Waals surface area contributed by atoms with Crippen molar-refractivity contribution in [1.29, 1.82) is 0 Å². The first-order valence-electron chi connectivity index (χ1n) is 4.21. The molecule has 12 heavy (non-hydrogen) atoms. The van der Waals surface area contributed by atoms with Gasteiger partial charge in [-0.15, -0.1) is 11.3 Å². The van der Waals surface area contributed by atoms with Crippen LogP contribution in [0.1, 0.15) is 23.4 Å². The van der Waals surface area contributed by atoms with Crippen molar-refractivity contribution in [3.8, 4) is 0 Å². The number of nitrogen functional groups attached to an aromatic ring is 1. The first-order chi connectivity index (χ1) is 5.75. The lowest BCUT2D eigenvalue weighted by Crippen LogP contribution is -2.16. The minimum absolute atomic E-state index is 0.681. The van der Waals surface area contributed by atoms with E-state index in [2.05, 4.69) is 17.2 Å². The Labute approximate surface area is 76.0 Å². The molecule has 1 fully saturated rings. The molecular formula is C8H13N3S. The summed E-state index contributed by atoms with van der Waals surface area (Å²) >= 11 is 1.57. The summed E-state index contributed by atoms with van der Waals surface area (Å²) in [6.07, 6.45) is 2.64. The molecular weight excluding hydrogens is 170 g/mol. The quantitative estimate of drug-likeness (QED) is 0.742. The van der Waals surface area contributed by atoms with Crippen LogP contribution in [0.2, 0.25) is 0 Å². The van der Waals surface area contributed by atoms with Crippen molar-refractivity contribution in [3.05, 3.63) is 10.6 Å². The van der Waals surface area contributed by atoms with Gasteiger partial charge < -0.3 is 11.1 Å². The summed E-state index contributed by atoms with van der Waals surface area (Å²) in [5.74, 6) is 0. The molecule has 0 bridgehead atoms. The lowest BCUT2D eigenvalue weighted by molar-refractivity contribution is 0.675. The van der Waals surface area contributed by atoms with Crippen LogP contribution in [0.15, 0.2) is 0 Å². The third kappa shape index (κ3) is 1.76. The van der Waals surface area contributed by atoms with Crippen molar-refractivity contribution in [3.63, 3.8) is 0 Å². The summed E-state index contributed by atoms with van der Waals surface area (Å²) in [6.45, 7) is 2.95. The maximum Gasteiger partial charge on any atom is 0.180 e. The standard InChI is InChI=1S/C8H13N3S/c1-5-7(11-8(9)12-5)4-10-6-2-3-6/h6,10H,2-4H2,1H3,(H2,9,11). The topological polar surface area (TPSA) is 50.9 Å². The van der Waals surface area contributed by atoms with Gasteiger partial charge in [0.15, 0.2) is 5.13 Å². The summed E-state index contributed by atoms with van der Waals surface area (Å²) in [5, 5.41) is 4.10. The number of aryl methyl sites for hydroxylation is 1. The van der Waals surface area contributed by atoms with Crippen molar-refractivity contribution in [2.75, 3.05) is 5.73 Å². The van der Waals surface area contributed by atoms with Gasteiger partial charge in [-0.2, -0.15) is 0 Å². The molecule has 0 saturated heterocycles. The second-order valence-corrected chi connectivity index (χ2v) is 4.44. The van der Waals surface area contributed by atoms with E-state index in [0.29, 0.717) is 5.13 Å². The molecule has 0 radical (unpaired) electrons. The highest BCUT2D eigenvalue weighted by atomic mass is 32.1. The Bertz CT molecular complexity index is 278. The zero-order valence-electron chi connectivity index (χ0n) is 7.13. The normalized spacial score (nSPS) is 16.8. The first kappa shape index (κ1) is 8.01. The molecule has 0 spiro atoms. The van der Waals surface area contributed by atoms with Gasteiger partial charge in [0, 0.05) is 17.5 Å². The molecule has 1 aromatic rings. The molecule has 4 heteroatoms. The number of hydrogen-bond donors (Lipinski definition) is 2. The van der Waals surface area contributed by atoms with E-state index in [9.17, 15) is 0 Å². The van der Waals surface area contributed by atoms with E-state index < -0.39 is 0 Å². The highest BCUT2D eigenvalue weighted by molar-refractivity contribution is 7.15. The molecule has 0 aliphatic heterocycles. The molecule has 3 nitrogen and oxygen atoms in total. The van der Waals surface area contributed by atoms with Crippen LogP contribution >= 0.6 is 11.3 Å². The van der Waals surface area contributed by atoms with Gasteiger partial charge in [0.1, 0.15) is 0 Å². The Hall–Kier alpha value is -0.610. The summed E-state index contributed by atoms with van der Waals surface area (Å²) in [4.78, 5) is 5.48. The monoisotopic (exact) mass is 183 g/mol. The Morgan fingerprint density at radius 1 is 1.67 bits per heavy atom. The molecule has 0 atom stereocenters. The smallest absolute Gasteiger partial charge is 0.180 e. The summed E-state index contributed by atoms with van der Waals surface area (Å²) in [5.41, 5.74) is 6.70. The van der Waals surface area contributed by atoms with Crippen molar-refractivity contribution >= 4 is 16.5 Å². The molecule has 0 unspecified atom stereocenters. The van der Waals surface area contributed by atoms with E-state index in [1.165, 1.54) is 17.7 Å². The number of rotatable bonds is 3. The second-order valence-electron chi connectivity index (χ2n) is 3.21. The molecule has 0 amide bonds. The Morgan fingerprint density at radius 2 is 2.42 bits per heavy atom. The summed E-state index contributed by atoms with van der Waals surface area (Å²) < 4.78 is 0. The van der Waals surface area contributed by atoms with Gasteiger partial charge in [-0.25, -0.2) is 4.98 Å². The van der Waals surface area contributed by atoms with Crippen LogP contribution < -0.4 is 11.1 Å². The molecule has 1 heterocycles. The number of thiazole rings is 1. The minimum atomic E-state index is 0.681. The van der Waals surface area contributed by atoms with Gasteiger partial charge in [0.25, 0.3) is 0 Å². The van der Waals surface area contributed by atoms with Crippen LogP contribution in [-0.4, -0.2) is 11.0 Å².